The molecule has 2 N–H and O–H groups in total. The molecule has 2 heterocycles. The highest BCUT2D eigenvalue weighted by Gasteiger charge is 2.51. The zero-order chi connectivity index (χ0) is 17.0. The Morgan fingerprint density at radius 3 is 2.75 bits per heavy atom. The first-order valence-electron chi connectivity index (χ1n) is 7.96. The first-order valence-corrected chi connectivity index (χ1v) is 8.84. The number of nitrogens with zero attached hydrogens (tertiary/aromatic N) is 1. The number of carbonyl (C=O) groups is 2. The van der Waals surface area contributed by atoms with E-state index in [-0.39, 0.29) is 6.42 Å². The summed E-state index contributed by atoms with van der Waals surface area (Å²) in [4.78, 5) is 27.5. The lowest BCUT2D eigenvalue weighted by Crippen LogP contribution is -2.52. The Morgan fingerprint density at radius 1 is 1.25 bits per heavy atom. The van der Waals surface area contributed by atoms with Crippen molar-refractivity contribution < 1.29 is 14.7 Å². The second-order valence-corrected chi connectivity index (χ2v) is 6.94. The second kappa shape index (κ2) is 7.15. The summed E-state index contributed by atoms with van der Waals surface area (Å²) < 4.78 is 0. The van der Waals surface area contributed by atoms with E-state index in [2.05, 4.69) is 5.32 Å². The van der Waals surface area contributed by atoms with Crippen molar-refractivity contribution in [2.45, 2.75) is 25.0 Å². The Morgan fingerprint density at radius 2 is 2.04 bits per heavy atom. The number of nitrogens with one attached hydrogen (secondary N) is 1. The molecule has 1 aromatic heterocycles. The molecule has 2 amide bonds. The third-order valence-corrected chi connectivity index (χ3v) is 5.15. The monoisotopic (exact) mass is 344 g/mol. The minimum Gasteiger partial charge on any atom is -0.372 e. The lowest BCUT2D eigenvalue weighted by atomic mass is 10.0. The van der Waals surface area contributed by atoms with Crippen LogP contribution in [-0.2, 0) is 22.6 Å². The van der Waals surface area contributed by atoms with E-state index in [4.69, 9.17) is 0 Å². The average molecular weight is 344 g/mol. The van der Waals surface area contributed by atoms with Gasteiger partial charge in [-0.25, -0.2) is 0 Å². The minimum atomic E-state index is -1.94. The highest BCUT2D eigenvalue weighted by molar-refractivity contribution is 7.09. The van der Waals surface area contributed by atoms with Crippen LogP contribution in [-0.4, -0.2) is 40.5 Å². The first-order chi connectivity index (χ1) is 11.6. The number of hydrogen-bond acceptors (Lipinski definition) is 4. The lowest BCUT2D eigenvalue weighted by Gasteiger charge is -2.21. The SMILES string of the molecule is O=C(NCCc1cccs1)[C@@]1(O)CCN(Cc2ccccc2)C1=O. The molecule has 6 heteroatoms. The third kappa shape index (κ3) is 3.49. The van der Waals surface area contributed by atoms with E-state index in [1.165, 1.54) is 4.90 Å². The number of benzene rings is 1. The molecule has 126 valence electrons. The van der Waals surface area contributed by atoms with Crippen LogP contribution < -0.4 is 5.32 Å². The molecule has 3 rings (SSSR count). The highest BCUT2D eigenvalue weighted by atomic mass is 32.1. The topological polar surface area (TPSA) is 69.6 Å². The Balaban J connectivity index is 1.56. The third-order valence-electron chi connectivity index (χ3n) is 4.21. The molecule has 1 aromatic carbocycles. The maximum atomic E-state index is 12.5. The summed E-state index contributed by atoms with van der Waals surface area (Å²) in [6.07, 6.45) is 0.824. The van der Waals surface area contributed by atoms with Gasteiger partial charge in [0.1, 0.15) is 0 Å². The van der Waals surface area contributed by atoms with Gasteiger partial charge in [0.2, 0.25) is 5.60 Å². The molecule has 5 nitrogen and oxygen atoms in total. The number of carbonyl (C=O) groups excluding carboxylic acids is 2. The van der Waals surface area contributed by atoms with Crippen LogP contribution in [0.5, 0.6) is 0 Å². The molecule has 1 fully saturated rings. The summed E-state index contributed by atoms with van der Waals surface area (Å²) in [5.41, 5.74) is -0.960. The predicted octanol–water partition coefficient (Wildman–Crippen LogP) is 1.57. The Hall–Kier alpha value is -2.18. The van der Waals surface area contributed by atoms with Gasteiger partial charge < -0.3 is 15.3 Å². The molecule has 2 aromatic rings. The van der Waals surface area contributed by atoms with Crippen molar-refractivity contribution in [3.63, 3.8) is 0 Å². The Labute approximate surface area is 144 Å². The smallest absolute Gasteiger partial charge is 0.264 e. The normalized spacial score (nSPS) is 20.4. The maximum absolute atomic E-state index is 12.5. The van der Waals surface area contributed by atoms with Crippen molar-refractivity contribution in [1.82, 2.24) is 10.2 Å². The van der Waals surface area contributed by atoms with Gasteiger partial charge in [-0.05, 0) is 23.4 Å². The van der Waals surface area contributed by atoms with Gasteiger partial charge in [-0.1, -0.05) is 36.4 Å². The summed E-state index contributed by atoms with van der Waals surface area (Å²) in [5, 5.41) is 15.2. The highest BCUT2D eigenvalue weighted by Crippen LogP contribution is 2.25. The van der Waals surface area contributed by atoms with Crippen LogP contribution in [0, 0.1) is 0 Å². The van der Waals surface area contributed by atoms with Crippen molar-refractivity contribution in [2.24, 2.45) is 0 Å². The van der Waals surface area contributed by atoms with Crippen LogP contribution in [0.3, 0.4) is 0 Å². The molecule has 1 aliphatic heterocycles. The summed E-state index contributed by atoms with van der Waals surface area (Å²) >= 11 is 1.62. The van der Waals surface area contributed by atoms with Crippen molar-refractivity contribution in [3.05, 3.63) is 58.3 Å². The number of aliphatic hydroxyl groups is 1. The number of thiophene rings is 1. The summed E-state index contributed by atoms with van der Waals surface area (Å²) in [7, 11) is 0. The lowest BCUT2D eigenvalue weighted by molar-refractivity contribution is -0.154. The molecule has 0 bridgehead atoms. The van der Waals surface area contributed by atoms with Crippen molar-refractivity contribution >= 4 is 23.2 Å². The molecule has 1 saturated heterocycles. The average Bonchev–Trinajstić information content (AvgIpc) is 3.20. The van der Waals surface area contributed by atoms with Gasteiger partial charge in [-0.2, -0.15) is 0 Å². The second-order valence-electron chi connectivity index (χ2n) is 5.91. The van der Waals surface area contributed by atoms with E-state index in [1.54, 1.807) is 11.3 Å². The molecule has 24 heavy (non-hydrogen) atoms. The van der Waals surface area contributed by atoms with Gasteiger partial charge in [0.25, 0.3) is 11.8 Å². The van der Waals surface area contributed by atoms with E-state index in [1.807, 2.05) is 47.8 Å². The fourth-order valence-corrected chi connectivity index (χ4v) is 3.54. The molecule has 1 atom stereocenters. The number of likely N-dealkylation sites (tertiary alicyclic amines) is 1. The van der Waals surface area contributed by atoms with E-state index in [0.29, 0.717) is 26.1 Å². The van der Waals surface area contributed by atoms with Gasteiger partial charge >= 0.3 is 0 Å². The number of hydrogen-bond donors (Lipinski definition) is 2. The zero-order valence-electron chi connectivity index (χ0n) is 13.3. The molecule has 0 unspecified atom stereocenters. The van der Waals surface area contributed by atoms with Crippen molar-refractivity contribution in [2.75, 3.05) is 13.1 Å². The predicted molar refractivity (Wildman–Crippen MR) is 92.5 cm³/mol. The molecular formula is C18H20N2O3S. The molecule has 0 saturated carbocycles. The standard InChI is InChI=1S/C18H20N2O3S/c21-16(19-10-8-15-7-4-12-24-15)18(23)9-11-20(17(18)22)13-14-5-2-1-3-6-14/h1-7,12,23H,8-11,13H2,(H,19,21)/t18-/m0/s1. The van der Waals surface area contributed by atoms with Gasteiger partial charge in [0.15, 0.2) is 0 Å². The van der Waals surface area contributed by atoms with Crippen molar-refractivity contribution in [1.29, 1.82) is 0 Å². The molecule has 0 spiro atoms. The van der Waals surface area contributed by atoms with Gasteiger partial charge in [-0.15, -0.1) is 11.3 Å². The van der Waals surface area contributed by atoms with E-state index in [9.17, 15) is 14.7 Å². The molecule has 0 aliphatic carbocycles. The van der Waals surface area contributed by atoms with Crippen LogP contribution >= 0.6 is 11.3 Å². The van der Waals surface area contributed by atoms with Crippen LogP contribution in [0.15, 0.2) is 47.8 Å². The molecule has 0 radical (unpaired) electrons. The number of amides is 2. The summed E-state index contributed by atoms with van der Waals surface area (Å²) in [5.74, 6) is -1.11. The van der Waals surface area contributed by atoms with Crippen LogP contribution in [0.2, 0.25) is 0 Å². The van der Waals surface area contributed by atoms with Gasteiger partial charge in [-0.3, -0.25) is 9.59 Å². The van der Waals surface area contributed by atoms with Crippen molar-refractivity contribution in [3.8, 4) is 0 Å². The largest absolute Gasteiger partial charge is 0.372 e. The van der Waals surface area contributed by atoms with E-state index < -0.39 is 17.4 Å². The van der Waals surface area contributed by atoms with E-state index >= 15 is 0 Å². The summed E-state index contributed by atoms with van der Waals surface area (Å²) in [6.45, 7) is 1.20. The molecule has 1 aliphatic rings. The quantitative estimate of drug-likeness (QED) is 0.782. The first kappa shape index (κ1) is 16.7. The minimum absolute atomic E-state index is 0.128. The fraction of sp³-hybridized carbons (Fsp3) is 0.333. The molecular weight excluding hydrogens is 324 g/mol. The maximum Gasteiger partial charge on any atom is 0.264 e. The van der Waals surface area contributed by atoms with E-state index in [0.717, 1.165) is 10.4 Å². The van der Waals surface area contributed by atoms with Crippen LogP contribution in [0.1, 0.15) is 16.9 Å². The summed E-state index contributed by atoms with van der Waals surface area (Å²) in [6, 6.07) is 13.5. The van der Waals surface area contributed by atoms with Crippen LogP contribution in [0.25, 0.3) is 0 Å². The van der Waals surface area contributed by atoms with Crippen LogP contribution in [0.4, 0.5) is 0 Å². The van der Waals surface area contributed by atoms with Gasteiger partial charge in [0, 0.05) is 30.9 Å². The Kier molecular flexibility index (Phi) is 4.97. The van der Waals surface area contributed by atoms with Gasteiger partial charge in [0.05, 0.1) is 0 Å². The number of rotatable bonds is 6. The fourth-order valence-electron chi connectivity index (χ4n) is 2.83. The zero-order valence-corrected chi connectivity index (χ0v) is 14.1. The Bertz CT molecular complexity index is 702.